The summed E-state index contributed by atoms with van der Waals surface area (Å²) < 4.78 is 10.5. The topological polar surface area (TPSA) is 81.7 Å². The minimum atomic E-state index is -0.678. The van der Waals surface area contributed by atoms with E-state index in [1.165, 1.54) is 0 Å². The summed E-state index contributed by atoms with van der Waals surface area (Å²) in [6.07, 6.45) is 0. The Balaban J connectivity index is 2.42. The lowest BCUT2D eigenvalue weighted by molar-refractivity contribution is 0.00744. The maximum absolute atomic E-state index is 12.6. The van der Waals surface area contributed by atoms with Gasteiger partial charge in [-0.3, -0.25) is 4.79 Å². The van der Waals surface area contributed by atoms with Crippen LogP contribution in [0.4, 0.5) is 5.00 Å². The molecule has 1 amide bonds. The molecule has 0 spiro atoms. The molecule has 0 saturated carbocycles. The number of hydrogen-bond donors (Lipinski definition) is 1. The standard InChI is InChI=1S/C21H25NO5S/c1-7-26-19(24)15-13(3)16(20(25)27-21(4,5)6)28-18(15)22-17(23)14-10-8-12(2)9-11-14/h8-11H,7H2,1-6H3,(H,22,23). The van der Waals surface area contributed by atoms with E-state index in [0.717, 1.165) is 16.9 Å². The lowest BCUT2D eigenvalue weighted by Gasteiger charge is -2.19. The van der Waals surface area contributed by atoms with Gasteiger partial charge in [0.15, 0.2) is 0 Å². The Labute approximate surface area is 168 Å². The number of benzene rings is 1. The molecule has 2 aromatic rings. The van der Waals surface area contributed by atoms with Gasteiger partial charge in [-0.1, -0.05) is 17.7 Å². The maximum Gasteiger partial charge on any atom is 0.349 e. The second kappa shape index (κ2) is 8.56. The van der Waals surface area contributed by atoms with Crippen LogP contribution in [0.15, 0.2) is 24.3 Å². The smallest absolute Gasteiger partial charge is 0.349 e. The Hall–Kier alpha value is -2.67. The number of amides is 1. The molecule has 0 atom stereocenters. The summed E-state index contributed by atoms with van der Waals surface area (Å²) in [6, 6.07) is 7.05. The number of nitrogens with one attached hydrogen (secondary N) is 1. The number of ether oxygens (including phenoxy) is 2. The molecule has 0 saturated heterocycles. The SMILES string of the molecule is CCOC(=O)c1c(NC(=O)c2ccc(C)cc2)sc(C(=O)OC(C)(C)C)c1C. The summed E-state index contributed by atoms with van der Waals surface area (Å²) >= 11 is 1.01. The molecule has 0 radical (unpaired) electrons. The first-order valence-electron chi connectivity index (χ1n) is 8.95. The molecule has 7 heteroatoms. The van der Waals surface area contributed by atoms with Crippen molar-refractivity contribution in [2.24, 2.45) is 0 Å². The van der Waals surface area contributed by atoms with Gasteiger partial charge in [0.25, 0.3) is 5.91 Å². The Morgan fingerprint density at radius 1 is 1.04 bits per heavy atom. The third-order valence-corrected chi connectivity index (χ3v) is 4.94. The monoisotopic (exact) mass is 403 g/mol. The predicted molar refractivity (Wildman–Crippen MR) is 109 cm³/mol. The van der Waals surface area contributed by atoms with E-state index in [9.17, 15) is 14.4 Å². The quantitative estimate of drug-likeness (QED) is 0.729. The summed E-state index contributed by atoms with van der Waals surface area (Å²) in [5.74, 6) is -1.51. The Morgan fingerprint density at radius 2 is 1.64 bits per heavy atom. The van der Waals surface area contributed by atoms with Crippen LogP contribution >= 0.6 is 11.3 Å². The maximum atomic E-state index is 12.6. The minimum Gasteiger partial charge on any atom is -0.462 e. The molecule has 1 N–H and O–H groups in total. The zero-order valence-electron chi connectivity index (χ0n) is 17.0. The van der Waals surface area contributed by atoms with Gasteiger partial charge in [-0.2, -0.15) is 0 Å². The van der Waals surface area contributed by atoms with E-state index in [1.807, 2.05) is 19.1 Å². The number of aryl methyl sites for hydroxylation is 1. The summed E-state index contributed by atoms with van der Waals surface area (Å²) in [7, 11) is 0. The molecule has 0 aliphatic carbocycles. The third-order valence-electron chi connectivity index (χ3n) is 3.75. The van der Waals surface area contributed by atoms with Crippen LogP contribution in [0.5, 0.6) is 0 Å². The Morgan fingerprint density at radius 3 is 2.18 bits per heavy atom. The first-order valence-corrected chi connectivity index (χ1v) is 9.77. The van der Waals surface area contributed by atoms with Gasteiger partial charge >= 0.3 is 11.9 Å². The van der Waals surface area contributed by atoms with Crippen LogP contribution in [0, 0.1) is 13.8 Å². The molecule has 0 unspecified atom stereocenters. The van der Waals surface area contributed by atoms with Crippen LogP contribution in [0.25, 0.3) is 0 Å². The Kier molecular flexibility index (Phi) is 6.61. The molecule has 1 aromatic heterocycles. The van der Waals surface area contributed by atoms with Gasteiger partial charge in [-0.25, -0.2) is 9.59 Å². The van der Waals surface area contributed by atoms with Crippen LogP contribution in [-0.2, 0) is 9.47 Å². The molecule has 1 heterocycles. The summed E-state index contributed by atoms with van der Waals surface area (Å²) in [5, 5.41) is 3.00. The van der Waals surface area contributed by atoms with Crippen molar-refractivity contribution in [2.45, 2.75) is 47.1 Å². The van der Waals surface area contributed by atoms with Crippen molar-refractivity contribution < 1.29 is 23.9 Å². The highest BCUT2D eigenvalue weighted by molar-refractivity contribution is 7.18. The van der Waals surface area contributed by atoms with E-state index in [2.05, 4.69) is 5.32 Å². The molecule has 0 fully saturated rings. The molecule has 28 heavy (non-hydrogen) atoms. The number of thiophene rings is 1. The van der Waals surface area contributed by atoms with Gasteiger partial charge in [0.2, 0.25) is 0 Å². The highest BCUT2D eigenvalue weighted by atomic mass is 32.1. The number of anilines is 1. The lowest BCUT2D eigenvalue weighted by Crippen LogP contribution is -2.23. The van der Waals surface area contributed by atoms with Gasteiger partial charge in [-0.05, 0) is 59.2 Å². The predicted octanol–water partition coefficient (Wildman–Crippen LogP) is 4.75. The fourth-order valence-electron chi connectivity index (χ4n) is 2.45. The van der Waals surface area contributed by atoms with Crippen molar-refractivity contribution in [3.05, 3.63) is 51.4 Å². The summed E-state index contributed by atoms with van der Waals surface area (Å²) in [6.45, 7) is 10.7. The molecule has 6 nitrogen and oxygen atoms in total. The molecular formula is C21H25NO5S. The van der Waals surface area contributed by atoms with E-state index >= 15 is 0 Å². The largest absolute Gasteiger partial charge is 0.462 e. The zero-order valence-corrected chi connectivity index (χ0v) is 17.8. The van der Waals surface area contributed by atoms with Crippen molar-refractivity contribution in [1.82, 2.24) is 0 Å². The second-order valence-electron chi connectivity index (χ2n) is 7.30. The lowest BCUT2D eigenvalue weighted by atomic mass is 10.1. The molecule has 0 bridgehead atoms. The number of carbonyl (C=O) groups excluding carboxylic acids is 3. The Bertz CT molecular complexity index is 891. The van der Waals surface area contributed by atoms with Crippen LogP contribution in [-0.4, -0.2) is 30.1 Å². The van der Waals surface area contributed by atoms with Gasteiger partial charge in [0.1, 0.15) is 15.5 Å². The third kappa shape index (κ3) is 5.19. The van der Waals surface area contributed by atoms with Crippen molar-refractivity contribution in [1.29, 1.82) is 0 Å². The van der Waals surface area contributed by atoms with E-state index in [0.29, 0.717) is 11.1 Å². The molecule has 1 aromatic carbocycles. The minimum absolute atomic E-state index is 0.174. The molecule has 0 aliphatic rings. The normalized spacial score (nSPS) is 11.1. The summed E-state index contributed by atoms with van der Waals surface area (Å²) in [4.78, 5) is 37.9. The molecule has 150 valence electrons. The van der Waals surface area contributed by atoms with E-state index in [1.54, 1.807) is 46.8 Å². The first-order chi connectivity index (χ1) is 13.0. The van der Waals surface area contributed by atoms with Gasteiger partial charge < -0.3 is 14.8 Å². The molecule has 2 rings (SSSR count). The van der Waals surface area contributed by atoms with Crippen LogP contribution < -0.4 is 5.32 Å². The highest BCUT2D eigenvalue weighted by Gasteiger charge is 2.29. The number of rotatable bonds is 5. The molecule has 0 aliphatic heterocycles. The average Bonchev–Trinajstić information content (AvgIpc) is 2.90. The highest BCUT2D eigenvalue weighted by Crippen LogP contribution is 2.35. The van der Waals surface area contributed by atoms with Crippen molar-refractivity contribution in [3.63, 3.8) is 0 Å². The van der Waals surface area contributed by atoms with E-state index < -0.39 is 17.5 Å². The van der Waals surface area contributed by atoms with Crippen molar-refractivity contribution in [2.75, 3.05) is 11.9 Å². The fraction of sp³-hybridized carbons (Fsp3) is 0.381. The second-order valence-corrected chi connectivity index (χ2v) is 8.32. The van der Waals surface area contributed by atoms with Gasteiger partial charge in [-0.15, -0.1) is 11.3 Å². The average molecular weight is 404 g/mol. The summed E-state index contributed by atoms with van der Waals surface area (Å²) in [5.41, 5.74) is 1.40. The van der Waals surface area contributed by atoms with Gasteiger partial charge in [0, 0.05) is 5.56 Å². The van der Waals surface area contributed by atoms with Crippen LogP contribution in [0.3, 0.4) is 0 Å². The number of esters is 2. The zero-order chi connectivity index (χ0) is 21.1. The van der Waals surface area contributed by atoms with Gasteiger partial charge in [0.05, 0.1) is 12.2 Å². The van der Waals surface area contributed by atoms with E-state index in [-0.39, 0.29) is 28.0 Å². The first kappa shape index (κ1) is 21.6. The van der Waals surface area contributed by atoms with Crippen LogP contribution in [0.2, 0.25) is 0 Å². The van der Waals surface area contributed by atoms with Crippen molar-refractivity contribution in [3.8, 4) is 0 Å². The number of carbonyl (C=O) groups is 3. The number of hydrogen-bond acceptors (Lipinski definition) is 6. The van der Waals surface area contributed by atoms with E-state index in [4.69, 9.17) is 9.47 Å². The van der Waals surface area contributed by atoms with Crippen LogP contribution in [0.1, 0.15) is 69.2 Å². The fourth-order valence-corrected chi connectivity index (χ4v) is 3.52. The molecular weight excluding hydrogens is 378 g/mol. The van der Waals surface area contributed by atoms with Crippen molar-refractivity contribution >= 4 is 34.2 Å².